The van der Waals surface area contributed by atoms with Crippen LogP contribution in [0.25, 0.3) is 0 Å². The fraction of sp³-hybridized carbons (Fsp3) is 0.280. The van der Waals surface area contributed by atoms with Crippen LogP contribution >= 0.6 is 35.8 Å². The Kier molecular flexibility index (Phi) is 9.21. The molecule has 0 radical (unpaired) electrons. The maximum Gasteiger partial charge on any atom is 0.167 e. The minimum Gasteiger partial charge on any atom is -0.486 e. The lowest BCUT2D eigenvalue weighted by atomic mass is 9.82. The first-order valence-corrected chi connectivity index (χ1v) is 12.7. The summed E-state index contributed by atoms with van der Waals surface area (Å²) >= 11 is 15.7. The summed E-state index contributed by atoms with van der Waals surface area (Å²) < 4.78 is 20.2. The molecule has 5 N–H and O–H groups in total. The van der Waals surface area contributed by atoms with Crippen LogP contribution in [-0.2, 0) is 6.61 Å². The minimum absolute atomic E-state index is 0.0105. The summed E-state index contributed by atoms with van der Waals surface area (Å²) in [5.41, 5.74) is 13.2. The molecule has 0 saturated carbocycles. The molecule has 1 aromatic carbocycles. The van der Waals surface area contributed by atoms with E-state index in [0.717, 1.165) is 6.07 Å². The van der Waals surface area contributed by atoms with Gasteiger partial charge in [0.05, 0.1) is 21.3 Å². The standard InChI is InChI=1S/C24H22Cl2FN7O.CH4S/c1-24(10-29)11-34(12-24)23-13(5-28)2-14(6-33-23)22(31)15-3-21(19(27)4-20(15)30)35-9-16-17(25)7-32-8-18(16)26;1-2/h2-4,6-8,31H,9-12,29-30H2,1H3;2H,1H3. The molecule has 1 aliphatic heterocycles. The fourth-order valence-corrected chi connectivity index (χ4v) is 4.33. The van der Waals surface area contributed by atoms with Gasteiger partial charge < -0.3 is 21.1 Å². The molecule has 3 heterocycles. The monoisotopic (exact) mass is 561 g/mol. The first-order chi connectivity index (χ1) is 17.7. The van der Waals surface area contributed by atoms with Gasteiger partial charge in [0, 0.05) is 72.1 Å². The van der Waals surface area contributed by atoms with Crippen LogP contribution in [0.3, 0.4) is 0 Å². The SMILES string of the molecule is CC1(CN)CN(c2ncc(C(=N)c3cc(OCc4c(Cl)cncc4Cl)c(F)cc3N)cc2C#N)C1.CS. The number of ether oxygens (including phenoxy) is 1. The van der Waals surface area contributed by atoms with E-state index in [2.05, 4.69) is 35.6 Å². The summed E-state index contributed by atoms with van der Waals surface area (Å²) in [5, 5.41) is 18.9. The maximum atomic E-state index is 14.6. The van der Waals surface area contributed by atoms with E-state index in [4.69, 9.17) is 44.8 Å². The number of thiol groups is 1. The Labute approximate surface area is 230 Å². The van der Waals surface area contributed by atoms with Crippen LogP contribution in [0.2, 0.25) is 10.0 Å². The van der Waals surface area contributed by atoms with Crippen molar-refractivity contribution in [3.8, 4) is 11.8 Å². The van der Waals surface area contributed by atoms with Gasteiger partial charge in [-0.1, -0.05) is 30.1 Å². The van der Waals surface area contributed by atoms with Crippen LogP contribution < -0.4 is 21.1 Å². The van der Waals surface area contributed by atoms with Crippen LogP contribution in [0.4, 0.5) is 15.9 Å². The van der Waals surface area contributed by atoms with Gasteiger partial charge >= 0.3 is 0 Å². The molecule has 1 fully saturated rings. The Hall–Kier alpha value is -3.10. The number of rotatable bonds is 7. The number of nitrogen functional groups attached to an aromatic ring is 1. The Balaban J connectivity index is 0.00000186. The molecular formula is C25H26Cl2FN7OS. The predicted molar refractivity (Wildman–Crippen MR) is 149 cm³/mol. The van der Waals surface area contributed by atoms with Crippen molar-refractivity contribution in [3.05, 3.63) is 74.9 Å². The molecule has 1 aliphatic rings. The number of anilines is 2. The second kappa shape index (κ2) is 12.0. The average molecular weight is 563 g/mol. The lowest BCUT2D eigenvalue weighted by molar-refractivity contribution is 0.253. The number of pyridine rings is 2. The van der Waals surface area contributed by atoms with Crippen LogP contribution in [0.15, 0.2) is 36.8 Å². The summed E-state index contributed by atoms with van der Waals surface area (Å²) in [6.07, 6.45) is 6.01. The molecule has 1 saturated heterocycles. The van der Waals surface area contributed by atoms with Crippen molar-refractivity contribution in [2.75, 3.05) is 36.5 Å². The highest BCUT2D eigenvalue weighted by Crippen LogP contribution is 2.34. The lowest BCUT2D eigenvalue weighted by Crippen LogP contribution is -2.58. The van der Waals surface area contributed by atoms with Gasteiger partial charge in [-0.3, -0.25) is 10.4 Å². The Morgan fingerprint density at radius 2 is 1.89 bits per heavy atom. The third-order valence-corrected chi connectivity index (χ3v) is 6.56. The third kappa shape index (κ3) is 6.08. The second-order valence-corrected chi connectivity index (χ2v) is 9.51. The van der Waals surface area contributed by atoms with Crippen LogP contribution in [0, 0.1) is 28.0 Å². The van der Waals surface area contributed by atoms with Crippen molar-refractivity contribution < 1.29 is 9.13 Å². The second-order valence-electron chi connectivity index (χ2n) is 8.69. The van der Waals surface area contributed by atoms with Gasteiger partial charge in [-0.2, -0.15) is 17.9 Å². The number of nitrogens with two attached hydrogens (primary N) is 2. The predicted octanol–water partition coefficient (Wildman–Crippen LogP) is 4.70. The normalized spacial score (nSPS) is 13.6. The zero-order chi connectivity index (χ0) is 27.3. The number of nitrogens with one attached hydrogen (secondary N) is 1. The smallest absolute Gasteiger partial charge is 0.167 e. The van der Waals surface area contributed by atoms with E-state index >= 15 is 0 Å². The maximum absolute atomic E-state index is 14.6. The number of nitrogens with zero attached hydrogens (tertiary/aromatic N) is 4. The quantitative estimate of drug-likeness (QED) is 0.186. The molecule has 0 unspecified atom stereocenters. The molecule has 4 rings (SSSR count). The van der Waals surface area contributed by atoms with Gasteiger partial charge in [-0.15, -0.1) is 0 Å². The zero-order valence-electron chi connectivity index (χ0n) is 20.2. The van der Waals surface area contributed by atoms with Crippen molar-refractivity contribution in [2.45, 2.75) is 13.5 Å². The van der Waals surface area contributed by atoms with E-state index in [0.29, 0.717) is 42.1 Å². The van der Waals surface area contributed by atoms with Crippen LogP contribution in [0.5, 0.6) is 5.75 Å². The number of benzene rings is 1. The third-order valence-electron chi connectivity index (χ3n) is 5.91. The molecule has 2 aromatic heterocycles. The Morgan fingerprint density at radius 3 is 2.49 bits per heavy atom. The molecule has 37 heavy (non-hydrogen) atoms. The first kappa shape index (κ1) is 28.5. The molecule has 0 aliphatic carbocycles. The first-order valence-electron chi connectivity index (χ1n) is 11.0. The number of hydrogen-bond donors (Lipinski definition) is 4. The summed E-state index contributed by atoms with van der Waals surface area (Å²) in [7, 11) is 0. The molecule has 0 bridgehead atoms. The van der Waals surface area contributed by atoms with Gasteiger partial charge in [0.2, 0.25) is 0 Å². The molecule has 0 atom stereocenters. The van der Waals surface area contributed by atoms with Crippen LogP contribution in [0.1, 0.15) is 29.2 Å². The summed E-state index contributed by atoms with van der Waals surface area (Å²) in [5.74, 6) is -0.293. The fourth-order valence-electron chi connectivity index (χ4n) is 3.86. The molecule has 3 aromatic rings. The highest BCUT2D eigenvalue weighted by molar-refractivity contribution is 7.79. The molecule has 0 spiro atoms. The van der Waals surface area contributed by atoms with Crippen molar-refractivity contribution in [1.29, 1.82) is 10.7 Å². The minimum atomic E-state index is -0.702. The van der Waals surface area contributed by atoms with E-state index in [9.17, 15) is 9.65 Å². The van der Waals surface area contributed by atoms with Crippen molar-refractivity contribution >= 4 is 53.0 Å². The largest absolute Gasteiger partial charge is 0.486 e. The van der Waals surface area contributed by atoms with E-state index in [1.807, 2.05) is 4.90 Å². The van der Waals surface area contributed by atoms with Crippen molar-refractivity contribution in [1.82, 2.24) is 9.97 Å². The molecule has 194 valence electrons. The van der Waals surface area contributed by atoms with Gasteiger partial charge in [0.1, 0.15) is 18.5 Å². The lowest BCUT2D eigenvalue weighted by Gasteiger charge is -2.48. The Morgan fingerprint density at radius 1 is 1.24 bits per heavy atom. The highest BCUT2D eigenvalue weighted by atomic mass is 35.5. The Bertz CT molecular complexity index is 1340. The highest BCUT2D eigenvalue weighted by Gasteiger charge is 2.39. The number of aromatic nitrogens is 2. The van der Waals surface area contributed by atoms with E-state index in [-0.39, 0.29) is 44.8 Å². The summed E-state index contributed by atoms with van der Waals surface area (Å²) in [6, 6.07) is 6.13. The van der Waals surface area contributed by atoms with Crippen molar-refractivity contribution in [3.63, 3.8) is 0 Å². The molecule has 12 heteroatoms. The van der Waals surface area contributed by atoms with E-state index < -0.39 is 5.82 Å². The molecule has 8 nitrogen and oxygen atoms in total. The number of hydrogen-bond acceptors (Lipinski definition) is 9. The summed E-state index contributed by atoms with van der Waals surface area (Å²) in [4.78, 5) is 10.3. The number of halogens is 3. The van der Waals surface area contributed by atoms with Gasteiger partial charge in [0.25, 0.3) is 0 Å². The van der Waals surface area contributed by atoms with Crippen molar-refractivity contribution in [2.24, 2.45) is 11.1 Å². The van der Waals surface area contributed by atoms with Gasteiger partial charge in [-0.25, -0.2) is 9.37 Å². The molecular weight excluding hydrogens is 536 g/mol. The topological polar surface area (TPSA) is 138 Å². The van der Waals surface area contributed by atoms with Crippen LogP contribution in [-0.4, -0.2) is 41.6 Å². The van der Waals surface area contributed by atoms with E-state index in [1.54, 1.807) is 12.3 Å². The summed E-state index contributed by atoms with van der Waals surface area (Å²) in [6.45, 7) is 3.90. The van der Waals surface area contributed by atoms with Gasteiger partial charge in [0.15, 0.2) is 11.6 Å². The van der Waals surface area contributed by atoms with Gasteiger partial charge in [-0.05, 0) is 18.4 Å². The zero-order valence-corrected chi connectivity index (χ0v) is 22.6. The number of nitriles is 1. The van der Waals surface area contributed by atoms with E-state index in [1.165, 1.54) is 24.7 Å². The molecule has 0 amide bonds. The average Bonchev–Trinajstić information content (AvgIpc) is 2.88.